The molecule has 2 aromatic carbocycles. The number of aromatic nitrogens is 2. The molecule has 0 bridgehead atoms. The molecule has 3 aromatic rings. The van der Waals surface area contributed by atoms with Gasteiger partial charge in [0.2, 0.25) is 0 Å². The fraction of sp³-hybridized carbons (Fsp3) is 0.458. The van der Waals surface area contributed by atoms with Crippen LogP contribution in [-0.4, -0.2) is 40.2 Å². The number of rotatable bonds is 5. The zero-order valence-electron chi connectivity index (χ0n) is 17.9. The zero-order valence-corrected chi connectivity index (χ0v) is 17.9. The molecule has 1 aromatic heterocycles. The van der Waals surface area contributed by atoms with E-state index in [0.717, 1.165) is 61.2 Å². The maximum Gasteiger partial charge on any atom is 0.165 e. The van der Waals surface area contributed by atoms with E-state index in [9.17, 15) is 9.50 Å². The van der Waals surface area contributed by atoms with E-state index in [-0.39, 0.29) is 17.6 Å². The summed E-state index contributed by atoms with van der Waals surface area (Å²) < 4.78 is 28.5. The second-order valence-corrected chi connectivity index (χ2v) is 9.04. The van der Waals surface area contributed by atoms with E-state index >= 15 is 0 Å². The van der Waals surface area contributed by atoms with Gasteiger partial charge < -0.3 is 19.9 Å². The summed E-state index contributed by atoms with van der Waals surface area (Å²) in [5, 5.41) is 18.5. The van der Waals surface area contributed by atoms with Gasteiger partial charge in [0.1, 0.15) is 11.4 Å². The van der Waals surface area contributed by atoms with Crippen molar-refractivity contribution in [1.29, 1.82) is 0 Å². The average Bonchev–Trinajstić information content (AvgIpc) is 3.13. The first kappa shape index (κ1) is 20.3. The van der Waals surface area contributed by atoms with Crippen LogP contribution in [0.25, 0.3) is 22.0 Å². The molecule has 1 unspecified atom stereocenters. The van der Waals surface area contributed by atoms with Crippen molar-refractivity contribution in [2.24, 2.45) is 5.92 Å². The van der Waals surface area contributed by atoms with E-state index in [1.54, 1.807) is 6.07 Å². The number of phenolic OH excluding ortho intramolecular Hbond substituents is 1. The van der Waals surface area contributed by atoms with Gasteiger partial charge in [0, 0.05) is 25.6 Å². The van der Waals surface area contributed by atoms with Crippen molar-refractivity contribution in [1.82, 2.24) is 15.1 Å². The van der Waals surface area contributed by atoms with E-state index in [0.29, 0.717) is 11.5 Å². The summed E-state index contributed by atoms with van der Waals surface area (Å²) in [6.07, 6.45) is 4.78. The normalized spacial score (nSPS) is 20.0. The Kier molecular flexibility index (Phi) is 5.10. The summed E-state index contributed by atoms with van der Waals surface area (Å²) in [5.74, 6) is 0.125. The average molecular weight is 426 g/mol. The monoisotopic (exact) mass is 425 g/mol. The predicted octanol–water partition coefficient (Wildman–Crippen LogP) is 4.62. The van der Waals surface area contributed by atoms with Crippen LogP contribution in [0.15, 0.2) is 36.5 Å². The van der Waals surface area contributed by atoms with Gasteiger partial charge in [-0.15, -0.1) is 0 Å². The number of nitrogens with zero attached hydrogens (tertiary/aromatic N) is 2. The van der Waals surface area contributed by atoms with Crippen LogP contribution >= 0.6 is 0 Å². The molecular formula is C24H28FN3O3. The molecule has 2 saturated heterocycles. The number of benzene rings is 2. The molecule has 164 valence electrons. The quantitative estimate of drug-likeness (QED) is 0.624. The molecule has 5 rings (SSSR count). The third-order valence-electron chi connectivity index (χ3n) is 6.53. The maximum absolute atomic E-state index is 14.1. The van der Waals surface area contributed by atoms with E-state index in [4.69, 9.17) is 9.47 Å². The smallest absolute Gasteiger partial charge is 0.165 e. The van der Waals surface area contributed by atoms with E-state index in [1.807, 2.05) is 23.0 Å². The van der Waals surface area contributed by atoms with Gasteiger partial charge in [-0.2, -0.15) is 5.10 Å². The summed E-state index contributed by atoms with van der Waals surface area (Å²) in [7, 11) is 0. The Labute approximate surface area is 181 Å². The fourth-order valence-corrected chi connectivity index (χ4v) is 4.34. The van der Waals surface area contributed by atoms with Crippen molar-refractivity contribution in [3.05, 3.63) is 42.3 Å². The van der Waals surface area contributed by atoms with Gasteiger partial charge in [0.05, 0.1) is 17.1 Å². The highest BCUT2D eigenvalue weighted by atomic mass is 19.1. The Morgan fingerprint density at radius 3 is 2.71 bits per heavy atom. The molecule has 3 heterocycles. The van der Waals surface area contributed by atoms with Crippen molar-refractivity contribution in [3.8, 4) is 22.6 Å². The van der Waals surface area contributed by atoms with E-state index < -0.39 is 5.82 Å². The van der Waals surface area contributed by atoms with Gasteiger partial charge in [-0.3, -0.25) is 0 Å². The standard InChI is InChI=1S/C24H28FN3O3/c1-24(2,17-12-26-13-17)31-22-11-16(15-6-7-21(29)19(25)9-15)10-20-18(22)14-27-28(20)23-5-3-4-8-30-23/h6-7,9-11,14,17,23,26,29H,3-5,8,12-13H2,1-2H3. The molecule has 0 saturated carbocycles. The second kappa shape index (κ2) is 7.80. The van der Waals surface area contributed by atoms with Crippen LogP contribution in [-0.2, 0) is 4.74 Å². The molecule has 0 radical (unpaired) electrons. The Balaban J connectivity index is 1.62. The molecule has 1 atom stereocenters. The Hall–Kier alpha value is -2.64. The lowest BCUT2D eigenvalue weighted by Crippen LogP contribution is -2.55. The van der Waals surface area contributed by atoms with Crippen molar-refractivity contribution >= 4 is 10.9 Å². The number of hydrogen-bond acceptors (Lipinski definition) is 5. The SMILES string of the molecule is CC(C)(Oc1cc(-c2ccc(O)c(F)c2)cc2c1cnn2C1CCCCO1)C1CNC1. The van der Waals surface area contributed by atoms with Crippen molar-refractivity contribution in [3.63, 3.8) is 0 Å². The van der Waals surface area contributed by atoms with Crippen LogP contribution in [0.1, 0.15) is 39.3 Å². The van der Waals surface area contributed by atoms with Gasteiger partial charge in [0.25, 0.3) is 0 Å². The first-order valence-corrected chi connectivity index (χ1v) is 10.9. The Bertz CT molecular complexity index is 1100. The van der Waals surface area contributed by atoms with Crippen LogP contribution in [0.3, 0.4) is 0 Å². The highest BCUT2D eigenvalue weighted by Crippen LogP contribution is 2.39. The van der Waals surface area contributed by atoms with Gasteiger partial charge in [-0.25, -0.2) is 9.07 Å². The minimum atomic E-state index is -0.648. The number of aromatic hydroxyl groups is 1. The minimum absolute atomic E-state index is 0.116. The van der Waals surface area contributed by atoms with Crippen molar-refractivity contribution < 1.29 is 19.0 Å². The molecule has 2 aliphatic rings. The summed E-state index contributed by atoms with van der Waals surface area (Å²) in [6.45, 7) is 6.78. The van der Waals surface area contributed by atoms with Crippen LogP contribution in [0, 0.1) is 11.7 Å². The molecule has 2 N–H and O–H groups in total. The van der Waals surface area contributed by atoms with Crippen molar-refractivity contribution in [2.45, 2.75) is 44.9 Å². The van der Waals surface area contributed by atoms with Crippen LogP contribution in [0.4, 0.5) is 4.39 Å². The first-order valence-electron chi connectivity index (χ1n) is 10.9. The topological polar surface area (TPSA) is 68.5 Å². The zero-order chi connectivity index (χ0) is 21.6. The van der Waals surface area contributed by atoms with Crippen LogP contribution in [0.5, 0.6) is 11.5 Å². The number of phenols is 1. The largest absolute Gasteiger partial charge is 0.505 e. The fourth-order valence-electron chi connectivity index (χ4n) is 4.34. The third kappa shape index (κ3) is 3.77. The molecular weight excluding hydrogens is 397 g/mol. The molecule has 2 fully saturated rings. The third-order valence-corrected chi connectivity index (χ3v) is 6.53. The molecule has 0 spiro atoms. The molecule has 0 amide bonds. The van der Waals surface area contributed by atoms with E-state index in [1.165, 1.54) is 12.1 Å². The number of ether oxygens (including phenoxy) is 2. The van der Waals surface area contributed by atoms with Crippen LogP contribution in [0.2, 0.25) is 0 Å². The lowest BCUT2D eigenvalue weighted by molar-refractivity contribution is -0.0366. The van der Waals surface area contributed by atoms with Gasteiger partial charge in [0.15, 0.2) is 17.8 Å². The summed E-state index contributed by atoms with van der Waals surface area (Å²) in [5.41, 5.74) is 2.01. The number of hydrogen-bond donors (Lipinski definition) is 2. The highest BCUT2D eigenvalue weighted by molar-refractivity contribution is 5.90. The predicted molar refractivity (Wildman–Crippen MR) is 117 cm³/mol. The molecule has 0 aliphatic carbocycles. The second-order valence-electron chi connectivity index (χ2n) is 9.04. The summed E-state index contributed by atoms with van der Waals surface area (Å²) >= 11 is 0. The number of nitrogens with one attached hydrogen (secondary N) is 1. The molecule has 2 aliphatic heterocycles. The van der Waals surface area contributed by atoms with Gasteiger partial charge in [-0.05, 0) is 68.5 Å². The Morgan fingerprint density at radius 2 is 2.03 bits per heavy atom. The minimum Gasteiger partial charge on any atom is -0.505 e. The molecule has 6 nitrogen and oxygen atoms in total. The lowest BCUT2D eigenvalue weighted by atomic mass is 9.86. The summed E-state index contributed by atoms with van der Waals surface area (Å²) in [6, 6.07) is 8.37. The van der Waals surface area contributed by atoms with Crippen molar-refractivity contribution in [2.75, 3.05) is 19.7 Å². The number of fused-ring (bicyclic) bond motifs is 1. The first-order chi connectivity index (χ1) is 14.9. The van der Waals surface area contributed by atoms with Crippen LogP contribution < -0.4 is 10.1 Å². The molecule has 7 heteroatoms. The highest BCUT2D eigenvalue weighted by Gasteiger charge is 2.36. The Morgan fingerprint density at radius 1 is 1.19 bits per heavy atom. The number of halogens is 1. The maximum atomic E-state index is 14.1. The van der Waals surface area contributed by atoms with Gasteiger partial charge >= 0.3 is 0 Å². The van der Waals surface area contributed by atoms with Gasteiger partial charge in [-0.1, -0.05) is 6.07 Å². The lowest BCUT2D eigenvalue weighted by Gasteiger charge is -2.41. The summed E-state index contributed by atoms with van der Waals surface area (Å²) in [4.78, 5) is 0. The molecule has 31 heavy (non-hydrogen) atoms. The van der Waals surface area contributed by atoms with E-state index in [2.05, 4.69) is 24.3 Å².